The van der Waals surface area contributed by atoms with E-state index in [1.807, 2.05) is 0 Å². The van der Waals surface area contributed by atoms with Crippen molar-refractivity contribution < 1.29 is 78.8 Å². The van der Waals surface area contributed by atoms with Crippen LogP contribution in [0.4, 0.5) is 14.6 Å². The molecule has 0 aromatic carbocycles. The van der Waals surface area contributed by atoms with Gasteiger partial charge in [0.05, 0.1) is 6.61 Å². The molecule has 0 amide bonds. The van der Waals surface area contributed by atoms with Crippen molar-refractivity contribution in [3.05, 3.63) is 22.7 Å². The Morgan fingerprint density at radius 2 is 1.59 bits per heavy atom. The summed E-state index contributed by atoms with van der Waals surface area (Å²) < 4.78 is 93.2. The minimum Gasteiger partial charge on any atom is -0.384 e. The van der Waals surface area contributed by atoms with E-state index in [4.69, 9.17) is 25.2 Å². The highest BCUT2D eigenvalue weighted by atomic mass is 31.3. The highest BCUT2D eigenvalue weighted by Gasteiger charge is 2.60. The number of nitrogens with two attached hydrogens (primary N) is 1. The van der Waals surface area contributed by atoms with Gasteiger partial charge >= 0.3 is 42.9 Å². The molecule has 2 heterocycles. The van der Waals surface area contributed by atoms with Crippen molar-refractivity contribution in [2.45, 2.75) is 24.4 Å². The largest absolute Gasteiger partial charge is 0.490 e. The van der Waals surface area contributed by atoms with Crippen LogP contribution < -0.4 is 11.4 Å². The molecule has 0 radical (unpaired) electrons. The molecule has 1 aliphatic heterocycles. The van der Waals surface area contributed by atoms with Gasteiger partial charge in [-0.1, -0.05) is 0 Å². The minimum absolute atomic E-state index is 0.240. The molecule has 1 aromatic heterocycles. The summed E-state index contributed by atoms with van der Waals surface area (Å²) in [6.07, 6.45) is -6.66. The lowest BCUT2D eigenvalue weighted by Crippen LogP contribution is -2.41. The normalized spacial score (nSPS) is 28.1. The topological polar surface area (TPSA) is 297 Å². The molecule has 19 nitrogen and oxygen atoms in total. The van der Waals surface area contributed by atoms with E-state index < -0.39 is 67.9 Å². The number of ether oxygens (including phenoxy) is 1. The quantitative estimate of drug-likeness (QED) is 0.165. The molecule has 0 bridgehead atoms. The fourth-order valence-electron chi connectivity index (χ4n) is 2.33. The predicted octanol–water partition coefficient (Wildman–Crippen LogP) is -0.821. The molecule has 0 aliphatic carbocycles. The Kier molecular flexibility index (Phi) is 8.45. The SMILES string of the molecule is Nc1ccn([C@@H]2O[C@H](COP(=O)(O)OP(=O)(O)OP(=O)(O)OP(=O)(O)O)[C@@H](O)C2(F)F)c(=O)n1. The Morgan fingerprint density at radius 3 is 2.12 bits per heavy atom. The maximum absolute atomic E-state index is 14.4. The third kappa shape index (κ3) is 7.76. The molecule has 2 rings (SSSR count). The molecule has 0 spiro atoms. The number of alkyl halides is 2. The van der Waals surface area contributed by atoms with E-state index in [9.17, 15) is 46.7 Å². The Labute approximate surface area is 185 Å². The number of anilines is 1. The number of hydrogen-bond donors (Lipinski definition) is 7. The first-order chi connectivity index (χ1) is 15.1. The van der Waals surface area contributed by atoms with Gasteiger partial charge in [0.1, 0.15) is 11.9 Å². The molecule has 1 aromatic rings. The number of rotatable bonds is 10. The summed E-state index contributed by atoms with van der Waals surface area (Å²) in [5, 5.41) is 9.77. The van der Waals surface area contributed by atoms with Gasteiger partial charge in [0.25, 0.3) is 0 Å². The lowest BCUT2D eigenvalue weighted by atomic mass is 10.1. The zero-order valence-electron chi connectivity index (χ0n) is 15.9. The van der Waals surface area contributed by atoms with Crippen LogP contribution >= 0.6 is 31.3 Å². The lowest BCUT2D eigenvalue weighted by molar-refractivity contribution is -0.140. The van der Waals surface area contributed by atoms with E-state index in [1.54, 1.807) is 0 Å². The highest BCUT2D eigenvalue weighted by molar-refractivity contribution is 7.69. The summed E-state index contributed by atoms with van der Waals surface area (Å²) >= 11 is 0. The number of aliphatic hydroxyl groups excluding tert-OH is 1. The van der Waals surface area contributed by atoms with Crippen LogP contribution in [0.15, 0.2) is 17.1 Å². The van der Waals surface area contributed by atoms with Crippen LogP contribution in [0, 0.1) is 0 Å². The number of aliphatic hydroxyl groups is 1. The van der Waals surface area contributed by atoms with Gasteiger partial charge in [-0.25, -0.2) is 23.1 Å². The first-order valence-corrected chi connectivity index (χ1v) is 14.0. The lowest BCUT2D eigenvalue weighted by Gasteiger charge is -2.21. The predicted molar refractivity (Wildman–Crippen MR) is 98.5 cm³/mol. The van der Waals surface area contributed by atoms with E-state index in [-0.39, 0.29) is 10.4 Å². The summed E-state index contributed by atoms with van der Waals surface area (Å²) in [5.41, 5.74) is 3.93. The molecular weight excluding hydrogens is 568 g/mol. The monoisotopic (exact) mass is 583 g/mol. The fraction of sp³-hybridized carbons (Fsp3) is 0.556. The van der Waals surface area contributed by atoms with Gasteiger partial charge in [-0.15, -0.1) is 0 Å². The highest BCUT2D eigenvalue weighted by Crippen LogP contribution is 2.70. The van der Waals surface area contributed by atoms with Gasteiger partial charge in [0.15, 0.2) is 6.10 Å². The maximum atomic E-state index is 14.4. The van der Waals surface area contributed by atoms with Crippen molar-refractivity contribution >= 4 is 37.1 Å². The number of nitrogen functional groups attached to an aromatic ring is 1. The second-order valence-corrected chi connectivity index (χ2v) is 12.1. The maximum Gasteiger partial charge on any atom is 0.490 e. The summed E-state index contributed by atoms with van der Waals surface area (Å²) in [4.78, 5) is 59.4. The zero-order valence-corrected chi connectivity index (χ0v) is 19.5. The van der Waals surface area contributed by atoms with Gasteiger partial charge < -0.3 is 40.0 Å². The van der Waals surface area contributed by atoms with Crippen LogP contribution in [0.5, 0.6) is 0 Å². The second kappa shape index (κ2) is 9.82. The minimum atomic E-state index is -6.13. The Morgan fingerprint density at radius 1 is 1.06 bits per heavy atom. The van der Waals surface area contributed by atoms with Crippen LogP contribution in [-0.4, -0.2) is 63.9 Å². The first kappa shape index (κ1) is 29.3. The average Bonchev–Trinajstić information content (AvgIpc) is 2.79. The van der Waals surface area contributed by atoms with Crippen molar-refractivity contribution in [2.24, 2.45) is 0 Å². The molecule has 3 unspecified atom stereocenters. The second-order valence-electron chi connectivity index (χ2n) is 6.13. The molecule has 1 saturated heterocycles. The molecule has 0 saturated carbocycles. The van der Waals surface area contributed by atoms with Crippen molar-refractivity contribution in [3.8, 4) is 0 Å². The molecule has 1 fully saturated rings. The van der Waals surface area contributed by atoms with Crippen LogP contribution in [0.1, 0.15) is 6.23 Å². The number of phosphoric ester groups is 1. The van der Waals surface area contributed by atoms with Gasteiger partial charge in [0, 0.05) is 6.20 Å². The smallest absolute Gasteiger partial charge is 0.384 e. The van der Waals surface area contributed by atoms with Crippen molar-refractivity contribution in [2.75, 3.05) is 12.3 Å². The van der Waals surface area contributed by atoms with E-state index in [0.29, 0.717) is 0 Å². The van der Waals surface area contributed by atoms with Gasteiger partial charge in [-0.05, 0) is 6.07 Å². The zero-order chi connectivity index (χ0) is 26.3. The van der Waals surface area contributed by atoms with Crippen LogP contribution in [-0.2, 0) is 40.5 Å². The van der Waals surface area contributed by atoms with Crippen LogP contribution in [0.25, 0.3) is 0 Å². The van der Waals surface area contributed by atoms with Gasteiger partial charge in [0.2, 0.25) is 6.23 Å². The molecule has 196 valence electrons. The molecule has 34 heavy (non-hydrogen) atoms. The molecule has 8 N–H and O–H groups in total. The van der Waals surface area contributed by atoms with Crippen LogP contribution in [0.2, 0.25) is 0 Å². The summed E-state index contributed by atoms with van der Waals surface area (Å²) in [6, 6.07) is 0.946. The summed E-state index contributed by atoms with van der Waals surface area (Å²) in [6.45, 7) is -1.45. The number of nitrogens with zero attached hydrogens (tertiary/aromatic N) is 2. The molecule has 6 atom stereocenters. The molecule has 1 aliphatic rings. The van der Waals surface area contributed by atoms with Gasteiger partial charge in [-0.3, -0.25) is 9.09 Å². The Hall–Kier alpha value is -0.980. The number of aromatic nitrogens is 2. The average molecular weight is 583 g/mol. The third-order valence-corrected chi connectivity index (χ3v) is 8.96. The molecular formula is C9H15F2N3O16P4. The van der Waals surface area contributed by atoms with E-state index in [2.05, 4.69) is 22.4 Å². The van der Waals surface area contributed by atoms with E-state index in [0.717, 1.165) is 12.3 Å². The Bertz CT molecular complexity index is 1170. The molecule has 25 heteroatoms. The number of phosphoric acid groups is 4. The fourth-order valence-corrected chi connectivity index (χ4v) is 6.79. The van der Waals surface area contributed by atoms with Crippen molar-refractivity contribution in [1.82, 2.24) is 9.55 Å². The number of hydrogen-bond acceptors (Lipinski definition) is 13. The number of halogens is 2. The van der Waals surface area contributed by atoms with Crippen LogP contribution in [0.3, 0.4) is 0 Å². The van der Waals surface area contributed by atoms with E-state index >= 15 is 0 Å². The van der Waals surface area contributed by atoms with Crippen molar-refractivity contribution in [3.63, 3.8) is 0 Å². The van der Waals surface area contributed by atoms with Gasteiger partial charge in [-0.2, -0.15) is 26.7 Å². The van der Waals surface area contributed by atoms with E-state index in [1.165, 1.54) is 0 Å². The standard InChI is InChI=1S/C9H15F2N3O16P4/c10-9(11)6(15)4(27-7(9)14-2-1-5(12)13-8(14)16)3-26-32(20,21)29-34(24,25)30-33(22,23)28-31(17,18)19/h1-2,4,6-7,15H,3H2,(H,20,21)(H,22,23)(H,24,25)(H2,12,13,16)(H2,17,18,19)/t4-,6-,7-/m1/s1. The van der Waals surface area contributed by atoms with Crippen molar-refractivity contribution in [1.29, 1.82) is 0 Å². The summed E-state index contributed by atoms with van der Waals surface area (Å²) in [5.74, 6) is -4.52. The summed E-state index contributed by atoms with van der Waals surface area (Å²) in [7, 11) is -23.8. The third-order valence-electron chi connectivity index (χ3n) is 3.51. The first-order valence-electron chi connectivity index (χ1n) is 8.03. The Balaban J connectivity index is 2.09.